The van der Waals surface area contributed by atoms with Crippen molar-refractivity contribution in [1.82, 2.24) is 9.88 Å². The zero-order valence-electron chi connectivity index (χ0n) is 26.5. The van der Waals surface area contributed by atoms with Gasteiger partial charge >= 0.3 is 12.2 Å². The summed E-state index contributed by atoms with van der Waals surface area (Å²) >= 11 is 0. The summed E-state index contributed by atoms with van der Waals surface area (Å²) in [5.41, 5.74) is 0.732. The Bertz CT molecular complexity index is 1700. The van der Waals surface area contributed by atoms with E-state index < -0.39 is 35.0 Å². The fraction of sp³-hybridized carbons (Fsp3) is 0.333. The van der Waals surface area contributed by atoms with E-state index in [4.69, 9.17) is 9.47 Å². The Kier molecular flexibility index (Phi) is 7.30. The number of hydrogen-bond acceptors (Lipinski definition) is 7. The number of aromatic nitrogens is 1. The topological polar surface area (TPSA) is 92.3 Å². The maximum Gasteiger partial charge on any atom is 0.419 e. The summed E-state index contributed by atoms with van der Waals surface area (Å²) in [5, 5.41) is 0. The number of benzene rings is 2. The first-order valence-corrected chi connectivity index (χ1v) is 15.1. The molecule has 9 heteroatoms. The predicted molar refractivity (Wildman–Crippen MR) is 172 cm³/mol. The van der Waals surface area contributed by atoms with Crippen LogP contribution in [0.25, 0.3) is 0 Å². The summed E-state index contributed by atoms with van der Waals surface area (Å²) < 4.78 is 12.0. The van der Waals surface area contributed by atoms with Gasteiger partial charge in [0.15, 0.2) is 5.78 Å². The lowest BCUT2D eigenvalue weighted by molar-refractivity contribution is -0.114. The van der Waals surface area contributed by atoms with Crippen LogP contribution in [0.3, 0.4) is 0 Å². The standard InChI is InChI=1S/C36H38N4O5/c1-34(2,3)44-32(42)39-23-38(25-18-20-37-21-19-25)30-17-16-26(29(41)22-24-12-8-7-9-13-24)31-36(30,39)27-14-10-11-15-28(27)40(31)33(43)45-35(4,5)6/h7-21,30H,22-23H2,1-6H3. The Labute approximate surface area is 263 Å². The Morgan fingerprint density at radius 3 is 2.13 bits per heavy atom. The second kappa shape index (κ2) is 10.9. The average molecular weight is 607 g/mol. The van der Waals surface area contributed by atoms with Gasteiger partial charge in [-0.1, -0.05) is 60.7 Å². The van der Waals surface area contributed by atoms with Gasteiger partial charge in [0.1, 0.15) is 16.7 Å². The Morgan fingerprint density at radius 1 is 0.844 bits per heavy atom. The highest BCUT2D eigenvalue weighted by molar-refractivity contribution is 6.07. The molecule has 1 aliphatic carbocycles. The minimum atomic E-state index is -1.30. The van der Waals surface area contributed by atoms with Crippen LogP contribution >= 0.6 is 0 Å². The second-order valence-corrected chi connectivity index (χ2v) is 13.5. The molecular formula is C36H38N4O5. The number of Topliss-reactive ketones (excluding diaryl/α,β-unsaturated/α-hetero) is 1. The summed E-state index contributed by atoms with van der Waals surface area (Å²) in [6.45, 7) is 11.0. The van der Waals surface area contributed by atoms with Gasteiger partial charge in [0, 0.05) is 35.6 Å². The largest absolute Gasteiger partial charge is 0.444 e. The highest BCUT2D eigenvalue weighted by atomic mass is 16.6. The molecule has 0 saturated carbocycles. The molecule has 0 radical (unpaired) electrons. The van der Waals surface area contributed by atoms with E-state index in [0.717, 1.165) is 11.3 Å². The van der Waals surface area contributed by atoms with Crippen molar-refractivity contribution in [3.63, 3.8) is 0 Å². The molecular weight excluding hydrogens is 568 g/mol. The molecule has 2 aromatic carbocycles. The van der Waals surface area contributed by atoms with E-state index in [1.165, 1.54) is 4.90 Å². The molecule has 2 aliphatic heterocycles. The van der Waals surface area contributed by atoms with Crippen LogP contribution in [-0.4, -0.2) is 51.8 Å². The lowest BCUT2D eigenvalue weighted by atomic mass is 9.75. The fourth-order valence-electron chi connectivity index (χ4n) is 6.45. The molecule has 1 saturated heterocycles. The number of nitrogens with zero attached hydrogens (tertiary/aromatic N) is 4. The summed E-state index contributed by atoms with van der Waals surface area (Å²) in [5.74, 6) is -0.182. The molecule has 2 atom stereocenters. The number of pyridine rings is 1. The zero-order valence-corrected chi connectivity index (χ0v) is 26.5. The monoisotopic (exact) mass is 606 g/mol. The van der Waals surface area contributed by atoms with Crippen molar-refractivity contribution >= 4 is 29.3 Å². The van der Waals surface area contributed by atoms with Gasteiger partial charge in [-0.15, -0.1) is 0 Å². The maximum atomic E-state index is 14.3. The molecule has 3 heterocycles. The van der Waals surface area contributed by atoms with Gasteiger partial charge in [0.25, 0.3) is 0 Å². The fourth-order valence-corrected chi connectivity index (χ4v) is 6.45. The minimum Gasteiger partial charge on any atom is -0.444 e. The van der Waals surface area contributed by atoms with E-state index in [1.807, 2.05) is 93.6 Å². The van der Waals surface area contributed by atoms with Crippen LogP contribution in [0.2, 0.25) is 0 Å². The summed E-state index contributed by atoms with van der Waals surface area (Å²) in [4.78, 5) is 52.3. The third-order valence-corrected chi connectivity index (χ3v) is 8.02. The van der Waals surface area contributed by atoms with Crippen LogP contribution in [-0.2, 0) is 26.2 Å². The summed E-state index contributed by atoms with van der Waals surface area (Å²) in [7, 11) is 0. The van der Waals surface area contributed by atoms with Gasteiger partial charge in [-0.25, -0.2) is 14.5 Å². The number of rotatable bonds is 4. The Balaban J connectivity index is 1.63. The number of carbonyl (C=O) groups is 3. The van der Waals surface area contributed by atoms with Gasteiger partial charge in [-0.05, 0) is 65.3 Å². The highest BCUT2D eigenvalue weighted by Crippen LogP contribution is 2.59. The van der Waals surface area contributed by atoms with Gasteiger partial charge in [0.2, 0.25) is 0 Å². The Hall–Kier alpha value is -4.92. The number of allylic oxidation sites excluding steroid dienone is 2. The van der Waals surface area contributed by atoms with Crippen LogP contribution in [0.15, 0.2) is 103 Å². The van der Waals surface area contributed by atoms with Crippen LogP contribution in [0.1, 0.15) is 52.7 Å². The zero-order chi connectivity index (χ0) is 32.1. The van der Waals surface area contributed by atoms with Crippen LogP contribution in [0.4, 0.5) is 21.0 Å². The molecule has 0 N–H and O–H groups in total. The van der Waals surface area contributed by atoms with Crippen LogP contribution in [0, 0.1) is 0 Å². The number of anilines is 2. The molecule has 6 rings (SSSR count). The first-order chi connectivity index (χ1) is 21.3. The van der Waals surface area contributed by atoms with Crippen LogP contribution in [0.5, 0.6) is 0 Å². The van der Waals surface area contributed by atoms with Crippen molar-refractivity contribution in [2.24, 2.45) is 0 Å². The number of ketones is 1. The van der Waals surface area contributed by atoms with Crippen molar-refractivity contribution in [3.05, 3.63) is 114 Å². The summed E-state index contributed by atoms with van der Waals surface area (Å²) in [6.07, 6.45) is 6.07. The lowest BCUT2D eigenvalue weighted by Crippen LogP contribution is -2.55. The third-order valence-electron chi connectivity index (χ3n) is 8.02. The Morgan fingerprint density at radius 2 is 1.47 bits per heavy atom. The van der Waals surface area contributed by atoms with Crippen molar-refractivity contribution in [2.75, 3.05) is 16.5 Å². The van der Waals surface area contributed by atoms with E-state index in [0.29, 0.717) is 22.5 Å². The smallest absolute Gasteiger partial charge is 0.419 e. The van der Waals surface area contributed by atoms with Crippen molar-refractivity contribution in [3.8, 4) is 0 Å². The molecule has 45 heavy (non-hydrogen) atoms. The molecule has 2 unspecified atom stereocenters. The highest BCUT2D eigenvalue weighted by Gasteiger charge is 2.66. The van der Waals surface area contributed by atoms with Gasteiger partial charge in [-0.2, -0.15) is 0 Å². The van der Waals surface area contributed by atoms with Crippen molar-refractivity contribution in [1.29, 1.82) is 0 Å². The molecule has 3 aromatic rings. The van der Waals surface area contributed by atoms with E-state index in [1.54, 1.807) is 44.1 Å². The van der Waals surface area contributed by atoms with E-state index in [9.17, 15) is 14.4 Å². The molecule has 9 nitrogen and oxygen atoms in total. The van der Waals surface area contributed by atoms with Gasteiger partial charge in [0.05, 0.1) is 24.1 Å². The molecule has 3 aliphatic rings. The number of carbonyl (C=O) groups excluding carboxylic acids is 3. The van der Waals surface area contributed by atoms with Crippen LogP contribution < -0.4 is 9.80 Å². The number of fused-ring (bicyclic) bond motifs is 1. The van der Waals surface area contributed by atoms with E-state index in [2.05, 4.69) is 9.88 Å². The lowest BCUT2D eigenvalue weighted by Gasteiger charge is -2.42. The maximum absolute atomic E-state index is 14.3. The van der Waals surface area contributed by atoms with Crippen molar-refractivity contribution in [2.45, 2.75) is 70.7 Å². The third kappa shape index (κ3) is 5.26. The molecule has 232 valence electrons. The first kappa shape index (κ1) is 30.1. The van der Waals surface area contributed by atoms with E-state index >= 15 is 0 Å². The predicted octanol–water partition coefficient (Wildman–Crippen LogP) is 6.75. The molecule has 1 fully saturated rings. The molecule has 1 aromatic heterocycles. The number of para-hydroxylation sites is 1. The summed E-state index contributed by atoms with van der Waals surface area (Å²) in [6, 6.07) is 20.2. The molecule has 2 amide bonds. The van der Waals surface area contributed by atoms with E-state index in [-0.39, 0.29) is 18.9 Å². The molecule has 1 spiro atoms. The quantitative estimate of drug-likeness (QED) is 0.324. The normalized spacial score (nSPS) is 20.5. The second-order valence-electron chi connectivity index (χ2n) is 13.5. The van der Waals surface area contributed by atoms with Gasteiger partial charge < -0.3 is 14.4 Å². The minimum absolute atomic E-state index is 0.115. The van der Waals surface area contributed by atoms with Gasteiger partial charge in [-0.3, -0.25) is 14.7 Å². The molecule has 0 bridgehead atoms. The number of amides is 2. The average Bonchev–Trinajstić information content (AvgIpc) is 3.49. The SMILES string of the molecule is CC(C)(C)OC(=O)N1C2=C(C(=O)Cc3ccccc3)C=CC3N(c4ccncc4)CN(C(=O)OC(C)(C)C)C23c2ccccc21. The van der Waals surface area contributed by atoms with Crippen molar-refractivity contribution < 1.29 is 23.9 Å². The first-order valence-electron chi connectivity index (χ1n) is 15.1. The number of hydrogen-bond donors (Lipinski definition) is 0. The number of ether oxygens (including phenoxy) is 2.